The number of anilines is 1. The number of sulfonamides is 1. The Balaban J connectivity index is 1.48. The minimum atomic E-state index is -3.50. The Bertz CT molecular complexity index is 1080. The van der Waals surface area contributed by atoms with E-state index in [1.807, 2.05) is 19.1 Å². The summed E-state index contributed by atoms with van der Waals surface area (Å²) < 4.78 is 27.8. The SMILES string of the molecule is Cc1cc(Br)ccc1NC(=O)CNC(=O)/C=C/c1ccc(S(=O)(=O)NC2CC2)cc1. The van der Waals surface area contributed by atoms with Gasteiger partial charge in [0, 0.05) is 22.3 Å². The van der Waals surface area contributed by atoms with Crippen LogP contribution in [0.1, 0.15) is 24.0 Å². The summed E-state index contributed by atoms with van der Waals surface area (Å²) >= 11 is 3.36. The van der Waals surface area contributed by atoms with E-state index in [1.165, 1.54) is 18.2 Å². The first-order valence-corrected chi connectivity index (χ1v) is 11.6. The van der Waals surface area contributed by atoms with E-state index in [0.717, 1.165) is 22.9 Å². The van der Waals surface area contributed by atoms with Crippen molar-refractivity contribution in [3.8, 4) is 0 Å². The molecule has 0 radical (unpaired) electrons. The lowest BCUT2D eigenvalue weighted by Crippen LogP contribution is -2.31. The number of hydrogen-bond donors (Lipinski definition) is 3. The zero-order valence-electron chi connectivity index (χ0n) is 16.3. The molecule has 0 heterocycles. The van der Waals surface area contributed by atoms with Gasteiger partial charge in [0.05, 0.1) is 11.4 Å². The van der Waals surface area contributed by atoms with Gasteiger partial charge in [0.2, 0.25) is 21.8 Å². The molecule has 1 aliphatic rings. The Labute approximate surface area is 184 Å². The number of carbonyl (C=O) groups is 2. The number of benzene rings is 2. The van der Waals surface area contributed by atoms with Crippen LogP contribution in [0.25, 0.3) is 6.08 Å². The molecule has 9 heteroatoms. The summed E-state index contributed by atoms with van der Waals surface area (Å²) in [6.45, 7) is 1.71. The second kappa shape index (κ2) is 9.55. The zero-order valence-corrected chi connectivity index (χ0v) is 18.7. The molecule has 0 saturated heterocycles. The van der Waals surface area contributed by atoms with Gasteiger partial charge >= 0.3 is 0 Å². The van der Waals surface area contributed by atoms with E-state index in [2.05, 4.69) is 31.3 Å². The smallest absolute Gasteiger partial charge is 0.244 e. The Morgan fingerprint density at radius 2 is 1.83 bits per heavy atom. The van der Waals surface area contributed by atoms with Gasteiger partial charge in [-0.2, -0.15) is 0 Å². The normalized spacial score (nSPS) is 13.9. The number of halogens is 1. The molecule has 3 N–H and O–H groups in total. The third-order valence-electron chi connectivity index (χ3n) is 4.40. The molecular formula is C21H22BrN3O4S. The second-order valence-electron chi connectivity index (χ2n) is 7.02. The van der Waals surface area contributed by atoms with Gasteiger partial charge in [-0.3, -0.25) is 9.59 Å². The molecule has 158 valence electrons. The van der Waals surface area contributed by atoms with Crippen molar-refractivity contribution in [2.24, 2.45) is 0 Å². The summed E-state index contributed by atoms with van der Waals surface area (Å²) in [5.74, 6) is -0.760. The van der Waals surface area contributed by atoms with Crippen LogP contribution < -0.4 is 15.4 Å². The maximum atomic E-state index is 12.1. The Morgan fingerprint density at radius 3 is 2.47 bits per heavy atom. The standard InChI is InChI=1S/C21H22BrN3O4S/c1-14-12-16(22)5-10-19(14)24-21(27)13-23-20(26)11-4-15-2-8-18(9-3-15)30(28,29)25-17-6-7-17/h2-5,8-12,17,25H,6-7,13H2,1H3,(H,23,26)(H,24,27)/b11-4+. The molecular weight excluding hydrogens is 470 g/mol. The van der Waals surface area contributed by atoms with Crippen molar-refractivity contribution in [2.45, 2.75) is 30.7 Å². The Kier molecular flexibility index (Phi) is 7.06. The van der Waals surface area contributed by atoms with Gasteiger partial charge in [-0.1, -0.05) is 28.1 Å². The number of aryl methyl sites for hydroxylation is 1. The third-order valence-corrected chi connectivity index (χ3v) is 6.43. The molecule has 0 unspecified atom stereocenters. The molecule has 0 spiro atoms. The molecule has 0 bridgehead atoms. The van der Waals surface area contributed by atoms with Gasteiger partial charge in [-0.15, -0.1) is 0 Å². The first-order chi connectivity index (χ1) is 14.2. The molecule has 0 atom stereocenters. The van der Waals surface area contributed by atoms with Crippen LogP contribution in [0.4, 0.5) is 5.69 Å². The van der Waals surface area contributed by atoms with Gasteiger partial charge in [-0.05, 0) is 67.3 Å². The first kappa shape index (κ1) is 22.2. The largest absolute Gasteiger partial charge is 0.343 e. The van der Waals surface area contributed by atoms with Crippen LogP contribution in [0.2, 0.25) is 0 Å². The van der Waals surface area contributed by atoms with Crippen LogP contribution in [0.3, 0.4) is 0 Å². The molecule has 7 nitrogen and oxygen atoms in total. The van der Waals surface area contributed by atoms with Crippen molar-refractivity contribution < 1.29 is 18.0 Å². The van der Waals surface area contributed by atoms with Crippen molar-refractivity contribution in [3.05, 3.63) is 64.1 Å². The van der Waals surface area contributed by atoms with E-state index in [0.29, 0.717) is 11.3 Å². The lowest BCUT2D eigenvalue weighted by molar-refractivity contribution is -0.121. The van der Waals surface area contributed by atoms with Crippen LogP contribution in [0.5, 0.6) is 0 Å². The zero-order chi connectivity index (χ0) is 21.7. The van der Waals surface area contributed by atoms with Crippen LogP contribution in [0.15, 0.2) is 57.9 Å². The van der Waals surface area contributed by atoms with Gasteiger partial charge < -0.3 is 10.6 Å². The molecule has 3 rings (SSSR count). The summed E-state index contributed by atoms with van der Waals surface area (Å²) in [4.78, 5) is 24.2. The average molecular weight is 492 g/mol. The van der Waals surface area contributed by atoms with Crippen molar-refractivity contribution in [2.75, 3.05) is 11.9 Å². The lowest BCUT2D eigenvalue weighted by atomic mass is 10.2. The van der Waals surface area contributed by atoms with E-state index < -0.39 is 15.9 Å². The summed E-state index contributed by atoms with van der Waals surface area (Å²) in [6, 6.07) is 11.8. The van der Waals surface area contributed by atoms with Gasteiger partial charge in [0.15, 0.2) is 0 Å². The Morgan fingerprint density at radius 1 is 1.13 bits per heavy atom. The van der Waals surface area contributed by atoms with E-state index in [9.17, 15) is 18.0 Å². The van der Waals surface area contributed by atoms with Crippen molar-refractivity contribution in [1.82, 2.24) is 10.0 Å². The topological polar surface area (TPSA) is 104 Å². The van der Waals surface area contributed by atoms with E-state index >= 15 is 0 Å². The van der Waals surface area contributed by atoms with Crippen LogP contribution in [0, 0.1) is 6.92 Å². The molecule has 0 aliphatic heterocycles. The third kappa shape index (κ3) is 6.51. The number of carbonyl (C=O) groups excluding carboxylic acids is 2. The highest BCUT2D eigenvalue weighted by Crippen LogP contribution is 2.22. The van der Waals surface area contributed by atoms with Gasteiger partial charge in [0.1, 0.15) is 0 Å². The van der Waals surface area contributed by atoms with E-state index in [-0.39, 0.29) is 23.4 Å². The quantitative estimate of drug-likeness (QED) is 0.493. The first-order valence-electron chi connectivity index (χ1n) is 9.37. The summed E-state index contributed by atoms with van der Waals surface area (Å²) in [5, 5.41) is 5.26. The minimum absolute atomic E-state index is 0.0446. The maximum Gasteiger partial charge on any atom is 0.244 e. The van der Waals surface area contributed by atoms with E-state index in [4.69, 9.17) is 0 Å². The fourth-order valence-electron chi connectivity index (χ4n) is 2.61. The van der Waals surface area contributed by atoms with Crippen molar-refractivity contribution in [1.29, 1.82) is 0 Å². The molecule has 0 aromatic heterocycles. The van der Waals surface area contributed by atoms with Crippen molar-refractivity contribution in [3.63, 3.8) is 0 Å². The highest BCUT2D eigenvalue weighted by Gasteiger charge is 2.27. The van der Waals surface area contributed by atoms with Crippen molar-refractivity contribution >= 4 is 49.5 Å². The highest BCUT2D eigenvalue weighted by molar-refractivity contribution is 9.10. The number of hydrogen-bond acceptors (Lipinski definition) is 4. The highest BCUT2D eigenvalue weighted by atomic mass is 79.9. The molecule has 2 amide bonds. The maximum absolute atomic E-state index is 12.1. The molecule has 1 saturated carbocycles. The van der Waals surface area contributed by atoms with Crippen LogP contribution >= 0.6 is 15.9 Å². The average Bonchev–Trinajstić information content (AvgIpc) is 3.50. The molecule has 2 aromatic rings. The van der Waals surface area contributed by atoms with Gasteiger partial charge in [0.25, 0.3) is 0 Å². The van der Waals surface area contributed by atoms with E-state index in [1.54, 1.807) is 24.3 Å². The molecule has 30 heavy (non-hydrogen) atoms. The summed E-state index contributed by atoms with van der Waals surface area (Å²) in [6.07, 6.45) is 4.59. The molecule has 1 fully saturated rings. The minimum Gasteiger partial charge on any atom is -0.343 e. The summed E-state index contributed by atoms with van der Waals surface area (Å²) in [7, 11) is -3.50. The lowest BCUT2D eigenvalue weighted by Gasteiger charge is -2.09. The Hall–Kier alpha value is -2.49. The second-order valence-corrected chi connectivity index (χ2v) is 9.65. The fourth-order valence-corrected chi connectivity index (χ4v) is 4.39. The summed E-state index contributed by atoms with van der Waals surface area (Å²) in [5.41, 5.74) is 2.26. The predicted molar refractivity (Wildman–Crippen MR) is 119 cm³/mol. The van der Waals surface area contributed by atoms with Crippen LogP contribution in [-0.2, 0) is 19.6 Å². The monoisotopic (exact) mass is 491 g/mol. The van der Waals surface area contributed by atoms with Crippen LogP contribution in [-0.4, -0.2) is 32.8 Å². The molecule has 1 aliphatic carbocycles. The fraction of sp³-hybridized carbons (Fsp3) is 0.238. The number of nitrogens with one attached hydrogen (secondary N) is 3. The number of amides is 2. The molecule has 2 aromatic carbocycles. The van der Waals surface area contributed by atoms with Gasteiger partial charge in [-0.25, -0.2) is 13.1 Å². The number of rotatable bonds is 8. The predicted octanol–water partition coefficient (Wildman–Crippen LogP) is 2.97.